The fourth-order valence-electron chi connectivity index (χ4n) is 4.05. The molecule has 0 N–H and O–H groups in total. The zero-order valence-electron chi connectivity index (χ0n) is 12.4. The van der Waals surface area contributed by atoms with Gasteiger partial charge < -0.3 is 4.57 Å². The second-order valence-electron chi connectivity index (χ2n) is 6.28. The van der Waals surface area contributed by atoms with Gasteiger partial charge in [0.2, 0.25) is 5.71 Å². The van der Waals surface area contributed by atoms with Crippen molar-refractivity contribution in [3.63, 3.8) is 0 Å². The molecule has 0 radical (unpaired) electrons. The molecule has 2 nitrogen and oxygen atoms in total. The van der Waals surface area contributed by atoms with E-state index in [0.29, 0.717) is 11.2 Å². The number of thioether (sulfide) groups is 1. The maximum Gasteiger partial charge on any atom is 0.201 e. The van der Waals surface area contributed by atoms with Gasteiger partial charge in [-0.3, -0.25) is 0 Å². The molecule has 2 atom stereocenters. The van der Waals surface area contributed by atoms with Crippen LogP contribution in [0.3, 0.4) is 0 Å². The summed E-state index contributed by atoms with van der Waals surface area (Å²) in [6.07, 6.45) is 6.84. The van der Waals surface area contributed by atoms with Crippen molar-refractivity contribution in [3.05, 3.63) is 52.7 Å². The third-order valence-corrected chi connectivity index (χ3v) is 6.32. The smallest absolute Gasteiger partial charge is 0.201 e. The summed E-state index contributed by atoms with van der Waals surface area (Å²) in [4.78, 5) is 0. The Morgan fingerprint density at radius 1 is 1.29 bits per heavy atom. The molecule has 2 aromatic rings. The second kappa shape index (κ2) is 3.72. The zero-order chi connectivity index (χ0) is 14.3. The Morgan fingerprint density at radius 3 is 3.00 bits per heavy atom. The van der Waals surface area contributed by atoms with Gasteiger partial charge >= 0.3 is 0 Å². The third kappa shape index (κ3) is 1.29. The molecule has 0 amide bonds. The third-order valence-electron chi connectivity index (χ3n) is 5.19. The van der Waals surface area contributed by atoms with Crippen LogP contribution in [0.2, 0.25) is 0 Å². The molecule has 0 aliphatic carbocycles. The van der Waals surface area contributed by atoms with E-state index in [1.807, 2.05) is 11.8 Å². The SMILES string of the molecule is Cc1cc2ccn3c2c(c1C)C1=[N+](C)C=CC2SC=C3C12. The molecule has 3 heteroatoms. The average Bonchev–Trinajstić information content (AvgIpc) is 3.06. The molecule has 3 aliphatic rings. The van der Waals surface area contributed by atoms with Crippen LogP contribution in [0.25, 0.3) is 16.6 Å². The van der Waals surface area contributed by atoms with Crippen molar-refractivity contribution >= 4 is 34.1 Å². The minimum absolute atomic E-state index is 0.494. The van der Waals surface area contributed by atoms with Crippen molar-refractivity contribution in [2.45, 2.75) is 19.1 Å². The molecular weight excluding hydrogens is 276 g/mol. The molecule has 2 unspecified atom stereocenters. The van der Waals surface area contributed by atoms with E-state index in [-0.39, 0.29) is 0 Å². The van der Waals surface area contributed by atoms with E-state index in [1.54, 1.807) is 0 Å². The molecule has 0 bridgehead atoms. The zero-order valence-corrected chi connectivity index (χ0v) is 13.2. The maximum absolute atomic E-state index is 2.42. The standard InChI is InChI=1S/C18H17N2S/c1-10-8-12-4-7-20-13-9-21-14-5-6-19(3)18(16(13)14)15(11(10)2)17(12)20/h4-9,14,16H,1-3H3/q+1. The van der Waals surface area contributed by atoms with Crippen molar-refractivity contribution in [2.75, 3.05) is 7.05 Å². The average molecular weight is 293 g/mol. The summed E-state index contributed by atoms with van der Waals surface area (Å²) in [6, 6.07) is 4.58. The number of allylic oxidation sites excluding steroid dienone is 1. The molecule has 1 aromatic carbocycles. The highest BCUT2D eigenvalue weighted by atomic mass is 32.2. The Morgan fingerprint density at radius 2 is 2.14 bits per heavy atom. The van der Waals surface area contributed by atoms with Gasteiger partial charge in [-0.25, -0.2) is 4.58 Å². The van der Waals surface area contributed by atoms with E-state index < -0.39 is 0 Å². The summed E-state index contributed by atoms with van der Waals surface area (Å²) in [7, 11) is 2.19. The lowest BCUT2D eigenvalue weighted by atomic mass is 9.82. The van der Waals surface area contributed by atoms with Gasteiger partial charge in [0.05, 0.1) is 16.3 Å². The van der Waals surface area contributed by atoms with E-state index in [9.17, 15) is 0 Å². The van der Waals surface area contributed by atoms with Gasteiger partial charge in [0.25, 0.3) is 0 Å². The fourth-order valence-corrected chi connectivity index (χ4v) is 5.19. The molecule has 0 fully saturated rings. The van der Waals surface area contributed by atoms with Gasteiger partial charge in [-0.15, -0.1) is 11.8 Å². The van der Waals surface area contributed by atoms with Crippen LogP contribution in [0.4, 0.5) is 0 Å². The number of fused-ring (bicyclic) bond motifs is 2. The van der Waals surface area contributed by atoms with E-state index in [0.717, 1.165) is 0 Å². The van der Waals surface area contributed by atoms with Crippen LogP contribution in [0.1, 0.15) is 16.7 Å². The highest BCUT2D eigenvalue weighted by Crippen LogP contribution is 2.48. The quantitative estimate of drug-likeness (QED) is 0.671. The molecule has 5 rings (SSSR count). The Kier molecular flexibility index (Phi) is 2.10. The van der Waals surface area contributed by atoms with Crippen LogP contribution in [-0.4, -0.2) is 27.2 Å². The number of aryl methyl sites for hydroxylation is 1. The number of rotatable bonds is 0. The summed E-state index contributed by atoms with van der Waals surface area (Å²) >= 11 is 1.96. The van der Waals surface area contributed by atoms with Gasteiger partial charge in [-0.05, 0) is 48.6 Å². The van der Waals surface area contributed by atoms with E-state index in [4.69, 9.17) is 0 Å². The fraction of sp³-hybridized carbons (Fsp3) is 0.278. The second-order valence-corrected chi connectivity index (χ2v) is 7.33. The van der Waals surface area contributed by atoms with Crippen LogP contribution in [0, 0.1) is 19.8 Å². The Balaban J connectivity index is 2.03. The largest absolute Gasteiger partial charge is 0.318 e. The molecule has 1 aromatic heterocycles. The highest BCUT2D eigenvalue weighted by Gasteiger charge is 2.46. The first kappa shape index (κ1) is 11.9. The lowest BCUT2D eigenvalue weighted by Crippen LogP contribution is -2.37. The van der Waals surface area contributed by atoms with Crippen LogP contribution >= 0.6 is 11.8 Å². The van der Waals surface area contributed by atoms with Crippen molar-refractivity contribution in [1.82, 2.24) is 4.57 Å². The normalized spacial score (nSPS) is 25.6. The molecule has 0 saturated heterocycles. The number of nitrogens with zero attached hydrogens (tertiary/aromatic N) is 2. The van der Waals surface area contributed by atoms with Crippen molar-refractivity contribution in [1.29, 1.82) is 0 Å². The lowest BCUT2D eigenvalue weighted by Gasteiger charge is -2.29. The molecule has 21 heavy (non-hydrogen) atoms. The molecule has 0 saturated carbocycles. The lowest BCUT2D eigenvalue weighted by molar-refractivity contribution is -0.426. The van der Waals surface area contributed by atoms with Crippen LogP contribution in [0.15, 0.2) is 36.0 Å². The van der Waals surface area contributed by atoms with E-state index in [2.05, 4.69) is 66.1 Å². The summed E-state index contributed by atoms with van der Waals surface area (Å²) in [5.74, 6) is 0.494. The van der Waals surface area contributed by atoms with Gasteiger partial charge in [-0.2, -0.15) is 0 Å². The van der Waals surface area contributed by atoms with Gasteiger partial charge in [0.15, 0.2) is 6.20 Å². The Bertz CT molecular complexity index is 911. The van der Waals surface area contributed by atoms with Crippen molar-refractivity contribution < 1.29 is 4.58 Å². The van der Waals surface area contributed by atoms with E-state index >= 15 is 0 Å². The number of aromatic nitrogens is 1. The number of hydrogen-bond acceptors (Lipinski definition) is 1. The monoisotopic (exact) mass is 293 g/mol. The molecule has 3 aliphatic heterocycles. The molecule has 104 valence electrons. The predicted octanol–water partition coefficient (Wildman–Crippen LogP) is 3.76. The molecule has 0 spiro atoms. The van der Waals surface area contributed by atoms with Crippen LogP contribution in [0.5, 0.6) is 0 Å². The number of hydrogen-bond donors (Lipinski definition) is 0. The summed E-state index contributed by atoms with van der Waals surface area (Å²) < 4.78 is 4.75. The summed E-state index contributed by atoms with van der Waals surface area (Å²) in [6.45, 7) is 4.50. The summed E-state index contributed by atoms with van der Waals surface area (Å²) in [5, 5.41) is 4.27. The van der Waals surface area contributed by atoms with Gasteiger partial charge in [0, 0.05) is 17.3 Å². The topological polar surface area (TPSA) is 7.94 Å². The minimum atomic E-state index is 0.494. The Labute approximate surface area is 128 Å². The molecular formula is C18H17N2S+. The predicted molar refractivity (Wildman–Crippen MR) is 90.0 cm³/mol. The van der Waals surface area contributed by atoms with Crippen molar-refractivity contribution in [2.24, 2.45) is 5.92 Å². The van der Waals surface area contributed by atoms with Crippen molar-refractivity contribution in [3.8, 4) is 0 Å². The van der Waals surface area contributed by atoms with Gasteiger partial charge in [0.1, 0.15) is 13.0 Å². The number of benzene rings is 1. The molecule has 4 heterocycles. The van der Waals surface area contributed by atoms with E-state index in [1.165, 1.54) is 39.0 Å². The summed E-state index contributed by atoms with van der Waals surface area (Å²) in [5.41, 5.74) is 8.59. The highest BCUT2D eigenvalue weighted by molar-refractivity contribution is 8.03. The minimum Gasteiger partial charge on any atom is -0.318 e. The first-order chi connectivity index (χ1) is 10.2. The maximum atomic E-state index is 2.42. The van der Waals surface area contributed by atoms with Gasteiger partial charge in [-0.1, -0.05) is 0 Å². The first-order valence-corrected chi connectivity index (χ1v) is 8.36. The van der Waals surface area contributed by atoms with Crippen LogP contribution in [-0.2, 0) is 0 Å². The Hall–Kier alpha value is -1.74. The van der Waals surface area contributed by atoms with Crippen LogP contribution < -0.4 is 0 Å². The first-order valence-electron chi connectivity index (χ1n) is 7.42.